The van der Waals surface area contributed by atoms with Crippen LogP contribution in [0.15, 0.2) is 18.5 Å². The first-order valence-electron chi connectivity index (χ1n) is 7.96. The Morgan fingerprint density at radius 1 is 1.05 bits per heavy atom. The van der Waals surface area contributed by atoms with E-state index in [1.807, 2.05) is 12.4 Å². The average Bonchev–Trinajstić information content (AvgIpc) is 2.39. The molecule has 3 heteroatoms. The van der Waals surface area contributed by atoms with E-state index in [2.05, 4.69) is 55.9 Å². The van der Waals surface area contributed by atoms with Crippen molar-refractivity contribution in [1.29, 1.82) is 0 Å². The molecular weight excluding hydrogens is 246 g/mol. The standard InChI is InChI=1S/C17H31N3/c1-6-19-16-11-17(13-18-12-16)20(9-7-14(2)3)10-8-15(4)5/h11-15,19H,6-10H2,1-5H3. The highest BCUT2D eigenvalue weighted by Gasteiger charge is 2.09. The van der Waals surface area contributed by atoms with Gasteiger partial charge in [-0.3, -0.25) is 4.98 Å². The molecule has 20 heavy (non-hydrogen) atoms. The van der Waals surface area contributed by atoms with Gasteiger partial charge >= 0.3 is 0 Å². The largest absolute Gasteiger partial charge is 0.384 e. The van der Waals surface area contributed by atoms with Gasteiger partial charge in [0.25, 0.3) is 0 Å². The van der Waals surface area contributed by atoms with Crippen LogP contribution in [-0.2, 0) is 0 Å². The SMILES string of the molecule is CCNc1cncc(N(CCC(C)C)CCC(C)C)c1. The molecule has 1 rings (SSSR count). The molecule has 1 N–H and O–H groups in total. The van der Waals surface area contributed by atoms with Gasteiger partial charge in [-0.15, -0.1) is 0 Å². The molecule has 0 saturated carbocycles. The van der Waals surface area contributed by atoms with Gasteiger partial charge < -0.3 is 10.2 Å². The molecule has 1 heterocycles. The summed E-state index contributed by atoms with van der Waals surface area (Å²) in [5.41, 5.74) is 2.36. The van der Waals surface area contributed by atoms with Crippen LogP contribution in [0.2, 0.25) is 0 Å². The van der Waals surface area contributed by atoms with Gasteiger partial charge in [0.05, 0.1) is 23.8 Å². The molecule has 0 bridgehead atoms. The van der Waals surface area contributed by atoms with Crippen LogP contribution in [-0.4, -0.2) is 24.6 Å². The smallest absolute Gasteiger partial charge is 0.0573 e. The number of hydrogen-bond acceptors (Lipinski definition) is 3. The van der Waals surface area contributed by atoms with Crippen molar-refractivity contribution in [2.75, 3.05) is 29.9 Å². The molecule has 0 aromatic carbocycles. The fourth-order valence-corrected chi connectivity index (χ4v) is 2.10. The van der Waals surface area contributed by atoms with E-state index in [1.54, 1.807) is 0 Å². The topological polar surface area (TPSA) is 28.2 Å². The molecule has 0 unspecified atom stereocenters. The van der Waals surface area contributed by atoms with Gasteiger partial charge in [0.2, 0.25) is 0 Å². The van der Waals surface area contributed by atoms with E-state index in [9.17, 15) is 0 Å². The van der Waals surface area contributed by atoms with Crippen molar-refractivity contribution in [3.63, 3.8) is 0 Å². The molecule has 0 atom stereocenters. The van der Waals surface area contributed by atoms with E-state index in [1.165, 1.54) is 18.5 Å². The number of pyridine rings is 1. The molecule has 0 fully saturated rings. The number of rotatable bonds is 9. The Morgan fingerprint density at radius 2 is 1.65 bits per heavy atom. The summed E-state index contributed by atoms with van der Waals surface area (Å²) >= 11 is 0. The van der Waals surface area contributed by atoms with E-state index in [0.29, 0.717) is 0 Å². The van der Waals surface area contributed by atoms with Crippen molar-refractivity contribution in [3.05, 3.63) is 18.5 Å². The second-order valence-corrected chi connectivity index (χ2v) is 6.31. The lowest BCUT2D eigenvalue weighted by molar-refractivity contribution is 0.535. The molecule has 0 radical (unpaired) electrons. The van der Waals surface area contributed by atoms with Crippen molar-refractivity contribution < 1.29 is 0 Å². The molecular formula is C17H31N3. The summed E-state index contributed by atoms with van der Waals surface area (Å²) in [7, 11) is 0. The Morgan fingerprint density at radius 3 is 2.15 bits per heavy atom. The van der Waals surface area contributed by atoms with Gasteiger partial charge in [-0.2, -0.15) is 0 Å². The predicted octanol–water partition coefficient (Wildman–Crippen LogP) is 4.41. The molecule has 1 aromatic rings. The van der Waals surface area contributed by atoms with Gasteiger partial charge in [0, 0.05) is 19.6 Å². The summed E-state index contributed by atoms with van der Waals surface area (Å²) in [6, 6.07) is 2.22. The minimum Gasteiger partial charge on any atom is -0.384 e. The van der Waals surface area contributed by atoms with Gasteiger partial charge in [-0.05, 0) is 37.7 Å². The van der Waals surface area contributed by atoms with Gasteiger partial charge in [0.1, 0.15) is 0 Å². The monoisotopic (exact) mass is 277 g/mol. The average molecular weight is 277 g/mol. The van der Waals surface area contributed by atoms with Crippen LogP contribution in [0.1, 0.15) is 47.5 Å². The minimum absolute atomic E-state index is 0.737. The fraction of sp³-hybridized carbons (Fsp3) is 0.706. The van der Waals surface area contributed by atoms with Crippen molar-refractivity contribution >= 4 is 11.4 Å². The number of aromatic nitrogens is 1. The molecule has 0 saturated heterocycles. The van der Waals surface area contributed by atoms with Crippen LogP contribution in [0.25, 0.3) is 0 Å². The summed E-state index contributed by atoms with van der Waals surface area (Å²) in [5.74, 6) is 1.47. The Kier molecular flexibility index (Phi) is 7.42. The fourth-order valence-electron chi connectivity index (χ4n) is 2.10. The third kappa shape index (κ3) is 6.27. The summed E-state index contributed by atoms with van der Waals surface area (Å²) in [6.07, 6.45) is 6.34. The molecule has 0 spiro atoms. The maximum atomic E-state index is 4.37. The molecule has 0 aliphatic carbocycles. The van der Waals surface area contributed by atoms with Gasteiger partial charge in [-0.25, -0.2) is 0 Å². The molecule has 3 nitrogen and oxygen atoms in total. The van der Waals surface area contributed by atoms with Crippen LogP contribution in [0.4, 0.5) is 11.4 Å². The summed E-state index contributed by atoms with van der Waals surface area (Å²) in [6.45, 7) is 14.4. The van der Waals surface area contributed by atoms with Crippen molar-refractivity contribution in [1.82, 2.24) is 4.98 Å². The Hall–Kier alpha value is -1.25. The second kappa shape index (κ2) is 8.83. The Labute approximate surface area is 124 Å². The van der Waals surface area contributed by atoms with E-state index < -0.39 is 0 Å². The maximum Gasteiger partial charge on any atom is 0.0573 e. The summed E-state index contributed by atoms with van der Waals surface area (Å²) in [4.78, 5) is 6.85. The van der Waals surface area contributed by atoms with Crippen LogP contribution in [0.5, 0.6) is 0 Å². The third-order valence-corrected chi connectivity index (χ3v) is 3.42. The molecule has 0 amide bonds. The highest BCUT2D eigenvalue weighted by Crippen LogP contribution is 2.20. The van der Waals surface area contributed by atoms with Crippen molar-refractivity contribution in [2.24, 2.45) is 11.8 Å². The quantitative estimate of drug-likeness (QED) is 0.724. The molecule has 114 valence electrons. The predicted molar refractivity (Wildman–Crippen MR) is 89.5 cm³/mol. The lowest BCUT2D eigenvalue weighted by Crippen LogP contribution is -2.27. The van der Waals surface area contributed by atoms with E-state index in [-0.39, 0.29) is 0 Å². The summed E-state index contributed by atoms with van der Waals surface area (Å²) < 4.78 is 0. The lowest BCUT2D eigenvalue weighted by Gasteiger charge is -2.26. The molecule has 0 aliphatic heterocycles. The Bertz CT molecular complexity index is 362. The number of hydrogen-bond donors (Lipinski definition) is 1. The normalized spacial score (nSPS) is 11.2. The summed E-state index contributed by atoms with van der Waals surface area (Å²) in [5, 5.41) is 3.34. The lowest BCUT2D eigenvalue weighted by atomic mass is 10.1. The minimum atomic E-state index is 0.737. The van der Waals surface area contributed by atoms with Gasteiger partial charge in [0.15, 0.2) is 0 Å². The van der Waals surface area contributed by atoms with Gasteiger partial charge in [-0.1, -0.05) is 27.7 Å². The molecule has 1 aromatic heterocycles. The van der Waals surface area contributed by atoms with E-state index >= 15 is 0 Å². The number of anilines is 2. The zero-order valence-corrected chi connectivity index (χ0v) is 13.8. The first-order valence-corrected chi connectivity index (χ1v) is 7.96. The zero-order chi connectivity index (χ0) is 15.0. The van der Waals surface area contributed by atoms with E-state index in [4.69, 9.17) is 0 Å². The first-order chi connectivity index (χ1) is 9.52. The van der Waals surface area contributed by atoms with E-state index in [0.717, 1.165) is 37.2 Å². The van der Waals surface area contributed by atoms with Crippen LogP contribution < -0.4 is 10.2 Å². The highest BCUT2D eigenvalue weighted by atomic mass is 15.1. The highest BCUT2D eigenvalue weighted by molar-refractivity contribution is 5.55. The van der Waals surface area contributed by atoms with Crippen molar-refractivity contribution in [2.45, 2.75) is 47.5 Å². The van der Waals surface area contributed by atoms with Crippen LogP contribution in [0.3, 0.4) is 0 Å². The van der Waals surface area contributed by atoms with Crippen LogP contribution >= 0.6 is 0 Å². The second-order valence-electron chi connectivity index (χ2n) is 6.31. The van der Waals surface area contributed by atoms with Crippen molar-refractivity contribution in [3.8, 4) is 0 Å². The number of nitrogens with one attached hydrogen (secondary N) is 1. The molecule has 0 aliphatic rings. The maximum absolute atomic E-state index is 4.37. The first kappa shape index (κ1) is 16.8. The third-order valence-electron chi connectivity index (χ3n) is 3.42. The Balaban J connectivity index is 2.76. The van der Waals surface area contributed by atoms with Crippen LogP contribution in [0, 0.1) is 11.8 Å². The zero-order valence-electron chi connectivity index (χ0n) is 13.8. The number of nitrogens with zero attached hydrogens (tertiary/aromatic N) is 2.